The zero-order chi connectivity index (χ0) is 9.97. The summed E-state index contributed by atoms with van der Waals surface area (Å²) in [5.41, 5.74) is 0. The van der Waals surface area contributed by atoms with Gasteiger partial charge in [-0.1, -0.05) is 0 Å². The molecule has 1 amide bonds. The summed E-state index contributed by atoms with van der Waals surface area (Å²) in [6.45, 7) is 1.99. The molecule has 1 unspecified atom stereocenters. The van der Waals surface area contributed by atoms with Crippen molar-refractivity contribution in [3.63, 3.8) is 0 Å². The van der Waals surface area contributed by atoms with E-state index < -0.39 is 0 Å². The number of hydrogen-bond acceptors (Lipinski definition) is 3. The number of rotatable bonds is 4. The largest absolute Gasteiger partial charge is 0.394 e. The van der Waals surface area contributed by atoms with Gasteiger partial charge in [0.05, 0.1) is 19.3 Å². The van der Waals surface area contributed by atoms with Gasteiger partial charge in [0.15, 0.2) is 0 Å². The predicted molar refractivity (Wildman–Crippen MR) is 50.7 cm³/mol. The van der Waals surface area contributed by atoms with Gasteiger partial charge in [-0.3, -0.25) is 4.79 Å². The molecule has 1 aliphatic heterocycles. The van der Waals surface area contributed by atoms with E-state index >= 15 is 0 Å². The normalized spacial score (nSPS) is 26.9. The number of hydrogen-bond donors (Lipinski definition) is 1. The van der Waals surface area contributed by atoms with Crippen LogP contribution in [0.3, 0.4) is 0 Å². The van der Waals surface area contributed by atoms with Crippen LogP contribution in [-0.4, -0.2) is 48.3 Å². The molecule has 80 valence electrons. The summed E-state index contributed by atoms with van der Waals surface area (Å²) >= 11 is 0. The van der Waals surface area contributed by atoms with E-state index in [2.05, 4.69) is 0 Å². The summed E-state index contributed by atoms with van der Waals surface area (Å²) in [4.78, 5) is 13.6. The fourth-order valence-corrected chi connectivity index (χ4v) is 1.87. The van der Waals surface area contributed by atoms with Crippen LogP contribution in [0.5, 0.6) is 0 Å². The van der Waals surface area contributed by atoms with Crippen molar-refractivity contribution in [2.24, 2.45) is 5.92 Å². The van der Waals surface area contributed by atoms with Crippen molar-refractivity contribution in [2.45, 2.75) is 25.4 Å². The molecule has 0 radical (unpaired) electrons. The summed E-state index contributed by atoms with van der Waals surface area (Å²) in [6.07, 6.45) is 3.19. The van der Waals surface area contributed by atoms with Crippen molar-refractivity contribution in [3.8, 4) is 0 Å². The van der Waals surface area contributed by atoms with Gasteiger partial charge in [0, 0.05) is 19.0 Å². The van der Waals surface area contributed by atoms with Crippen LogP contribution in [-0.2, 0) is 9.53 Å². The third-order valence-electron chi connectivity index (χ3n) is 2.83. The van der Waals surface area contributed by atoms with Crippen molar-refractivity contribution < 1.29 is 14.6 Å². The highest BCUT2D eigenvalue weighted by molar-refractivity contribution is 5.81. The Kier molecular flexibility index (Phi) is 3.03. The first-order valence-corrected chi connectivity index (χ1v) is 5.32. The van der Waals surface area contributed by atoms with Crippen LogP contribution in [0.1, 0.15) is 19.3 Å². The van der Waals surface area contributed by atoms with Crippen molar-refractivity contribution in [1.82, 2.24) is 4.90 Å². The van der Waals surface area contributed by atoms with E-state index in [1.807, 2.05) is 4.90 Å². The lowest BCUT2D eigenvalue weighted by Gasteiger charge is -2.16. The van der Waals surface area contributed by atoms with E-state index in [9.17, 15) is 4.79 Å². The second kappa shape index (κ2) is 4.28. The van der Waals surface area contributed by atoms with Gasteiger partial charge in [0.1, 0.15) is 0 Å². The number of aliphatic hydroxyl groups excluding tert-OH is 1. The molecular weight excluding hydrogens is 182 g/mol. The smallest absolute Gasteiger partial charge is 0.225 e. The lowest BCUT2D eigenvalue weighted by molar-refractivity contribution is -0.132. The Balaban J connectivity index is 1.73. The van der Waals surface area contributed by atoms with E-state index in [0.717, 1.165) is 32.4 Å². The second-order valence-corrected chi connectivity index (χ2v) is 4.06. The second-order valence-electron chi connectivity index (χ2n) is 4.06. The van der Waals surface area contributed by atoms with Crippen molar-refractivity contribution in [1.29, 1.82) is 0 Å². The SMILES string of the molecule is O=C(C1CC1)N1CCC(OCCO)C1. The molecule has 1 saturated heterocycles. The van der Waals surface area contributed by atoms with Gasteiger partial charge in [-0.2, -0.15) is 0 Å². The van der Waals surface area contributed by atoms with Crippen molar-refractivity contribution in [2.75, 3.05) is 26.3 Å². The average molecular weight is 199 g/mol. The van der Waals surface area contributed by atoms with Gasteiger partial charge >= 0.3 is 0 Å². The van der Waals surface area contributed by atoms with Crippen LogP contribution in [0.25, 0.3) is 0 Å². The lowest BCUT2D eigenvalue weighted by atomic mass is 10.3. The zero-order valence-electron chi connectivity index (χ0n) is 8.32. The number of ether oxygens (including phenoxy) is 1. The van der Waals surface area contributed by atoms with Gasteiger partial charge in [-0.05, 0) is 19.3 Å². The van der Waals surface area contributed by atoms with Gasteiger partial charge in [-0.25, -0.2) is 0 Å². The maximum absolute atomic E-state index is 11.6. The molecule has 0 aromatic rings. The Morgan fingerprint density at radius 1 is 1.43 bits per heavy atom. The van der Waals surface area contributed by atoms with Crippen LogP contribution in [0.15, 0.2) is 0 Å². The minimum atomic E-state index is 0.0626. The van der Waals surface area contributed by atoms with E-state index in [-0.39, 0.29) is 12.7 Å². The Morgan fingerprint density at radius 2 is 2.21 bits per heavy atom. The monoisotopic (exact) mass is 199 g/mol. The Bertz CT molecular complexity index is 215. The highest BCUT2D eigenvalue weighted by atomic mass is 16.5. The number of carbonyl (C=O) groups excluding carboxylic acids is 1. The Hall–Kier alpha value is -0.610. The van der Waals surface area contributed by atoms with E-state index in [1.165, 1.54) is 0 Å². The number of amides is 1. The first-order valence-electron chi connectivity index (χ1n) is 5.32. The molecule has 4 heteroatoms. The first kappa shape index (κ1) is 9.93. The molecule has 1 atom stereocenters. The third-order valence-corrected chi connectivity index (χ3v) is 2.83. The Labute approximate surface area is 83.8 Å². The topological polar surface area (TPSA) is 49.8 Å². The molecule has 0 bridgehead atoms. The van der Waals surface area contributed by atoms with Crippen molar-refractivity contribution >= 4 is 5.91 Å². The number of carbonyl (C=O) groups is 1. The molecule has 4 nitrogen and oxygen atoms in total. The quantitative estimate of drug-likeness (QED) is 0.693. The van der Waals surface area contributed by atoms with E-state index in [4.69, 9.17) is 9.84 Å². The highest BCUT2D eigenvalue weighted by Gasteiger charge is 2.36. The summed E-state index contributed by atoms with van der Waals surface area (Å²) < 4.78 is 5.39. The van der Waals surface area contributed by atoms with Crippen molar-refractivity contribution in [3.05, 3.63) is 0 Å². The molecule has 2 rings (SSSR count). The molecule has 0 spiro atoms. The molecule has 2 fully saturated rings. The highest BCUT2D eigenvalue weighted by Crippen LogP contribution is 2.32. The van der Waals surface area contributed by atoms with Crippen LogP contribution in [0, 0.1) is 5.92 Å². The fourth-order valence-electron chi connectivity index (χ4n) is 1.87. The standard InChI is InChI=1S/C10H17NO3/c12-5-6-14-9-3-4-11(7-9)10(13)8-1-2-8/h8-9,12H,1-7H2. The molecule has 2 aliphatic rings. The average Bonchev–Trinajstić information content (AvgIpc) is 2.94. The minimum Gasteiger partial charge on any atom is -0.394 e. The molecule has 1 heterocycles. The van der Waals surface area contributed by atoms with Crippen LogP contribution < -0.4 is 0 Å². The van der Waals surface area contributed by atoms with E-state index in [1.54, 1.807) is 0 Å². The van der Waals surface area contributed by atoms with Crippen LogP contribution in [0.2, 0.25) is 0 Å². The molecule has 1 aliphatic carbocycles. The minimum absolute atomic E-state index is 0.0626. The first-order chi connectivity index (χ1) is 6.81. The van der Waals surface area contributed by atoms with E-state index in [0.29, 0.717) is 18.4 Å². The lowest BCUT2D eigenvalue weighted by Crippen LogP contribution is -2.31. The molecule has 0 aromatic carbocycles. The molecule has 1 saturated carbocycles. The Morgan fingerprint density at radius 3 is 2.86 bits per heavy atom. The summed E-state index contributed by atoms with van der Waals surface area (Å²) in [5, 5.41) is 8.59. The predicted octanol–water partition coefficient (Wildman–Crippen LogP) is 0.00620. The van der Waals surface area contributed by atoms with Gasteiger partial charge < -0.3 is 14.7 Å². The molecule has 1 N–H and O–H groups in total. The van der Waals surface area contributed by atoms with Gasteiger partial charge in [0.25, 0.3) is 0 Å². The summed E-state index contributed by atoms with van der Waals surface area (Å²) in [5.74, 6) is 0.617. The molecule has 0 aromatic heterocycles. The zero-order valence-corrected chi connectivity index (χ0v) is 8.32. The van der Waals surface area contributed by atoms with Gasteiger partial charge in [-0.15, -0.1) is 0 Å². The number of aliphatic hydroxyl groups is 1. The van der Waals surface area contributed by atoms with Crippen LogP contribution in [0.4, 0.5) is 0 Å². The number of likely N-dealkylation sites (tertiary alicyclic amines) is 1. The number of nitrogens with zero attached hydrogens (tertiary/aromatic N) is 1. The summed E-state index contributed by atoms with van der Waals surface area (Å²) in [6, 6.07) is 0. The van der Waals surface area contributed by atoms with Gasteiger partial charge in [0.2, 0.25) is 5.91 Å². The maximum atomic E-state index is 11.6. The van der Waals surface area contributed by atoms with Crippen LogP contribution >= 0.6 is 0 Å². The third kappa shape index (κ3) is 2.25. The molecular formula is C10H17NO3. The molecule has 14 heavy (non-hydrogen) atoms. The maximum Gasteiger partial charge on any atom is 0.225 e. The fraction of sp³-hybridized carbons (Fsp3) is 0.900. The summed E-state index contributed by atoms with van der Waals surface area (Å²) in [7, 11) is 0.